The summed E-state index contributed by atoms with van der Waals surface area (Å²) < 4.78 is 5.66. The lowest BCUT2D eigenvalue weighted by atomic mass is 10.1. The Kier molecular flexibility index (Phi) is 4.93. The smallest absolute Gasteiger partial charge is 0.253 e. The molecule has 1 aliphatic rings. The highest BCUT2D eigenvalue weighted by atomic mass is 16.5. The molecule has 0 spiro atoms. The Hall–Kier alpha value is -1.39. The quantitative estimate of drug-likeness (QED) is 0.900. The molecule has 0 bridgehead atoms. The van der Waals surface area contributed by atoms with Crippen molar-refractivity contribution >= 4 is 5.91 Å². The van der Waals surface area contributed by atoms with Gasteiger partial charge in [0.15, 0.2) is 0 Å². The van der Waals surface area contributed by atoms with Crippen LogP contribution < -0.4 is 5.73 Å². The topological polar surface area (TPSA) is 55.6 Å². The lowest BCUT2D eigenvalue weighted by molar-refractivity contribution is -0.000187. The molecule has 4 nitrogen and oxygen atoms in total. The van der Waals surface area contributed by atoms with Crippen LogP contribution in [0, 0.1) is 0 Å². The van der Waals surface area contributed by atoms with Gasteiger partial charge in [-0.25, -0.2) is 0 Å². The third-order valence-corrected chi connectivity index (χ3v) is 3.53. The molecule has 1 amide bonds. The van der Waals surface area contributed by atoms with E-state index < -0.39 is 0 Å². The minimum absolute atomic E-state index is 0.0396. The lowest BCUT2D eigenvalue weighted by Crippen LogP contribution is -2.37. The van der Waals surface area contributed by atoms with E-state index in [0.717, 1.165) is 25.0 Å². The highest BCUT2D eigenvalue weighted by molar-refractivity contribution is 5.94. The van der Waals surface area contributed by atoms with Crippen LogP contribution in [-0.4, -0.2) is 37.1 Å². The third-order valence-electron chi connectivity index (χ3n) is 3.53. The first-order chi connectivity index (χ1) is 9.20. The highest BCUT2D eigenvalue weighted by Gasteiger charge is 2.19. The summed E-state index contributed by atoms with van der Waals surface area (Å²) in [4.78, 5) is 14.0. The van der Waals surface area contributed by atoms with Gasteiger partial charge in [-0.2, -0.15) is 0 Å². The standard InChI is InChI=1S/C15H22N2O2/c1-17(11-14-4-2-3-9-19-14)15(18)13-7-5-12(10-16)6-8-13/h5-8,14H,2-4,9-11,16H2,1H3. The van der Waals surface area contributed by atoms with Gasteiger partial charge in [0.25, 0.3) is 5.91 Å². The van der Waals surface area contributed by atoms with Crippen LogP contribution in [0.3, 0.4) is 0 Å². The fourth-order valence-electron chi connectivity index (χ4n) is 2.34. The summed E-state index contributed by atoms with van der Waals surface area (Å²) in [6, 6.07) is 7.47. The van der Waals surface area contributed by atoms with Crippen molar-refractivity contribution < 1.29 is 9.53 Å². The van der Waals surface area contributed by atoms with Crippen molar-refractivity contribution in [2.45, 2.75) is 31.9 Å². The zero-order valence-corrected chi connectivity index (χ0v) is 11.5. The molecule has 1 saturated heterocycles. The van der Waals surface area contributed by atoms with E-state index in [-0.39, 0.29) is 12.0 Å². The van der Waals surface area contributed by atoms with Crippen LogP contribution in [0.15, 0.2) is 24.3 Å². The SMILES string of the molecule is CN(CC1CCCCO1)C(=O)c1ccc(CN)cc1. The van der Waals surface area contributed by atoms with Gasteiger partial charge in [0.05, 0.1) is 6.10 Å². The van der Waals surface area contributed by atoms with Crippen molar-refractivity contribution in [2.24, 2.45) is 5.73 Å². The Balaban J connectivity index is 1.93. The number of amides is 1. The summed E-state index contributed by atoms with van der Waals surface area (Å²) in [5.41, 5.74) is 7.29. The Morgan fingerprint density at radius 2 is 2.11 bits per heavy atom. The van der Waals surface area contributed by atoms with Gasteiger partial charge in [0, 0.05) is 32.3 Å². The zero-order valence-electron chi connectivity index (χ0n) is 11.5. The van der Waals surface area contributed by atoms with Crippen molar-refractivity contribution in [3.63, 3.8) is 0 Å². The molecular formula is C15H22N2O2. The average molecular weight is 262 g/mol. The Morgan fingerprint density at radius 3 is 2.68 bits per heavy atom. The Morgan fingerprint density at radius 1 is 1.37 bits per heavy atom. The summed E-state index contributed by atoms with van der Waals surface area (Å²) in [5, 5.41) is 0. The van der Waals surface area contributed by atoms with Crippen molar-refractivity contribution in [3.8, 4) is 0 Å². The zero-order chi connectivity index (χ0) is 13.7. The Labute approximate surface area is 114 Å². The molecule has 1 aliphatic heterocycles. The second-order valence-electron chi connectivity index (χ2n) is 5.08. The van der Waals surface area contributed by atoms with Gasteiger partial charge in [-0.1, -0.05) is 12.1 Å². The van der Waals surface area contributed by atoms with Gasteiger partial charge in [0.1, 0.15) is 0 Å². The van der Waals surface area contributed by atoms with E-state index in [1.807, 2.05) is 31.3 Å². The second kappa shape index (κ2) is 6.68. The van der Waals surface area contributed by atoms with Crippen molar-refractivity contribution in [2.75, 3.05) is 20.2 Å². The van der Waals surface area contributed by atoms with Crippen LogP contribution in [0.1, 0.15) is 35.2 Å². The van der Waals surface area contributed by atoms with Gasteiger partial charge < -0.3 is 15.4 Å². The molecule has 1 heterocycles. The van der Waals surface area contributed by atoms with Crippen molar-refractivity contribution in [1.82, 2.24) is 4.90 Å². The van der Waals surface area contributed by atoms with E-state index in [2.05, 4.69) is 0 Å². The van der Waals surface area contributed by atoms with E-state index in [1.165, 1.54) is 6.42 Å². The highest BCUT2D eigenvalue weighted by Crippen LogP contribution is 2.14. The number of carbonyl (C=O) groups is 1. The number of rotatable bonds is 4. The summed E-state index contributed by atoms with van der Waals surface area (Å²) in [6.07, 6.45) is 3.56. The number of nitrogens with two attached hydrogens (primary N) is 1. The molecule has 1 atom stereocenters. The first-order valence-electron chi connectivity index (χ1n) is 6.87. The van der Waals surface area contributed by atoms with Gasteiger partial charge in [-0.05, 0) is 37.0 Å². The molecular weight excluding hydrogens is 240 g/mol. The maximum absolute atomic E-state index is 12.3. The summed E-state index contributed by atoms with van der Waals surface area (Å²) in [5.74, 6) is 0.0396. The largest absolute Gasteiger partial charge is 0.376 e. The van der Waals surface area contributed by atoms with E-state index >= 15 is 0 Å². The molecule has 19 heavy (non-hydrogen) atoms. The number of ether oxygens (including phenoxy) is 1. The van der Waals surface area contributed by atoms with Crippen LogP contribution >= 0.6 is 0 Å². The molecule has 0 saturated carbocycles. The predicted molar refractivity (Wildman–Crippen MR) is 74.9 cm³/mol. The third kappa shape index (κ3) is 3.78. The number of hydrogen-bond donors (Lipinski definition) is 1. The van der Waals surface area contributed by atoms with Crippen molar-refractivity contribution in [1.29, 1.82) is 0 Å². The maximum atomic E-state index is 12.3. The minimum atomic E-state index is 0.0396. The first-order valence-corrected chi connectivity index (χ1v) is 6.87. The summed E-state index contributed by atoms with van der Waals surface area (Å²) in [7, 11) is 1.83. The van der Waals surface area contributed by atoms with E-state index in [9.17, 15) is 4.79 Å². The number of nitrogens with zero attached hydrogens (tertiary/aromatic N) is 1. The maximum Gasteiger partial charge on any atom is 0.253 e. The van der Waals surface area contributed by atoms with Gasteiger partial charge in [-0.3, -0.25) is 4.79 Å². The monoisotopic (exact) mass is 262 g/mol. The molecule has 0 radical (unpaired) electrons. The second-order valence-corrected chi connectivity index (χ2v) is 5.08. The van der Waals surface area contributed by atoms with Crippen LogP contribution in [0.4, 0.5) is 0 Å². The molecule has 104 valence electrons. The average Bonchev–Trinajstić information content (AvgIpc) is 2.47. The molecule has 1 aromatic carbocycles. The number of benzene rings is 1. The Bertz CT molecular complexity index is 411. The minimum Gasteiger partial charge on any atom is -0.376 e. The van der Waals surface area contributed by atoms with Gasteiger partial charge >= 0.3 is 0 Å². The van der Waals surface area contributed by atoms with Crippen LogP contribution in [-0.2, 0) is 11.3 Å². The van der Waals surface area contributed by atoms with E-state index in [1.54, 1.807) is 4.90 Å². The van der Waals surface area contributed by atoms with E-state index in [0.29, 0.717) is 18.7 Å². The van der Waals surface area contributed by atoms with E-state index in [4.69, 9.17) is 10.5 Å². The van der Waals surface area contributed by atoms with Crippen LogP contribution in [0.25, 0.3) is 0 Å². The van der Waals surface area contributed by atoms with Crippen LogP contribution in [0.5, 0.6) is 0 Å². The molecule has 1 unspecified atom stereocenters. The summed E-state index contributed by atoms with van der Waals surface area (Å²) in [6.45, 7) is 1.98. The molecule has 2 rings (SSSR count). The molecule has 1 aromatic rings. The normalized spacial score (nSPS) is 19.2. The number of carbonyl (C=O) groups excluding carboxylic acids is 1. The predicted octanol–water partition coefficient (Wildman–Crippen LogP) is 1.79. The summed E-state index contributed by atoms with van der Waals surface area (Å²) >= 11 is 0. The molecule has 0 aliphatic carbocycles. The molecule has 1 fully saturated rings. The van der Waals surface area contributed by atoms with Crippen molar-refractivity contribution in [3.05, 3.63) is 35.4 Å². The van der Waals surface area contributed by atoms with Crippen LogP contribution in [0.2, 0.25) is 0 Å². The lowest BCUT2D eigenvalue weighted by Gasteiger charge is -2.27. The first kappa shape index (κ1) is 14.0. The van der Waals surface area contributed by atoms with Gasteiger partial charge in [0.2, 0.25) is 0 Å². The molecule has 0 aromatic heterocycles. The molecule has 2 N–H and O–H groups in total. The fourth-order valence-corrected chi connectivity index (χ4v) is 2.34. The number of likely N-dealkylation sites (N-methyl/N-ethyl adjacent to an activating group) is 1. The fraction of sp³-hybridized carbons (Fsp3) is 0.533. The number of hydrogen-bond acceptors (Lipinski definition) is 3. The molecule has 4 heteroatoms. The van der Waals surface area contributed by atoms with Gasteiger partial charge in [-0.15, -0.1) is 0 Å².